The van der Waals surface area contributed by atoms with Crippen molar-refractivity contribution in [3.8, 4) is 11.5 Å². The van der Waals surface area contributed by atoms with Crippen molar-refractivity contribution < 1.29 is 14.3 Å². The zero-order chi connectivity index (χ0) is 15.4. The zero-order valence-electron chi connectivity index (χ0n) is 11.7. The first kappa shape index (κ1) is 15.2. The number of halogens is 1. The highest BCUT2D eigenvalue weighted by atomic mass is 79.9. The van der Waals surface area contributed by atoms with Crippen molar-refractivity contribution in [3.05, 3.63) is 46.9 Å². The van der Waals surface area contributed by atoms with Gasteiger partial charge in [0.2, 0.25) is 5.91 Å². The molecule has 1 aliphatic rings. The number of anilines is 1. The molecule has 0 aliphatic carbocycles. The number of benzene rings is 2. The Morgan fingerprint density at radius 2 is 1.82 bits per heavy atom. The van der Waals surface area contributed by atoms with E-state index in [-0.39, 0.29) is 5.91 Å². The van der Waals surface area contributed by atoms with E-state index in [1.807, 2.05) is 36.4 Å². The summed E-state index contributed by atoms with van der Waals surface area (Å²) in [5.74, 6) is 1.69. The molecule has 0 aromatic heterocycles. The lowest BCUT2D eigenvalue weighted by molar-refractivity contribution is -0.113. The fraction of sp³-hybridized carbons (Fsp3) is 0.188. The average Bonchev–Trinajstić information content (AvgIpc) is 2.54. The zero-order valence-corrected chi connectivity index (χ0v) is 14.1. The highest BCUT2D eigenvalue weighted by Gasteiger charge is 2.12. The number of carbonyl (C=O) groups excluding carboxylic acids is 1. The van der Waals surface area contributed by atoms with E-state index in [1.165, 1.54) is 11.8 Å². The van der Waals surface area contributed by atoms with Gasteiger partial charge in [-0.25, -0.2) is 0 Å². The van der Waals surface area contributed by atoms with Gasteiger partial charge in [0.15, 0.2) is 11.5 Å². The largest absolute Gasteiger partial charge is 0.486 e. The molecule has 114 valence electrons. The molecule has 22 heavy (non-hydrogen) atoms. The van der Waals surface area contributed by atoms with Crippen molar-refractivity contribution >= 4 is 39.3 Å². The van der Waals surface area contributed by atoms with E-state index in [4.69, 9.17) is 9.47 Å². The molecule has 2 aromatic rings. The van der Waals surface area contributed by atoms with Crippen LogP contribution in [0.2, 0.25) is 0 Å². The van der Waals surface area contributed by atoms with Crippen molar-refractivity contribution in [1.82, 2.24) is 0 Å². The summed E-state index contributed by atoms with van der Waals surface area (Å²) in [6.07, 6.45) is 0. The number of nitrogens with one attached hydrogen (secondary N) is 1. The van der Waals surface area contributed by atoms with Crippen LogP contribution in [0.1, 0.15) is 0 Å². The van der Waals surface area contributed by atoms with Crippen molar-refractivity contribution in [1.29, 1.82) is 0 Å². The fourth-order valence-corrected chi connectivity index (χ4v) is 2.96. The van der Waals surface area contributed by atoms with Crippen LogP contribution in [-0.4, -0.2) is 24.9 Å². The molecule has 0 saturated carbocycles. The first-order chi connectivity index (χ1) is 10.7. The Morgan fingerprint density at radius 3 is 2.59 bits per heavy atom. The summed E-state index contributed by atoms with van der Waals surface area (Å²) in [4.78, 5) is 13.1. The van der Waals surface area contributed by atoms with Crippen molar-refractivity contribution in [2.24, 2.45) is 0 Å². The first-order valence-electron chi connectivity index (χ1n) is 6.78. The van der Waals surface area contributed by atoms with Crippen LogP contribution in [0, 0.1) is 0 Å². The van der Waals surface area contributed by atoms with Gasteiger partial charge in [-0.1, -0.05) is 15.9 Å². The van der Waals surface area contributed by atoms with Crippen LogP contribution in [0.4, 0.5) is 5.69 Å². The Hall–Kier alpha value is -1.66. The van der Waals surface area contributed by atoms with Crippen molar-refractivity contribution in [2.75, 3.05) is 24.3 Å². The number of thioether (sulfide) groups is 1. The molecule has 6 heteroatoms. The normalized spacial score (nSPS) is 12.8. The number of ether oxygens (including phenoxy) is 2. The van der Waals surface area contributed by atoms with E-state index in [0.717, 1.165) is 9.37 Å². The van der Waals surface area contributed by atoms with Gasteiger partial charge in [0.1, 0.15) is 13.2 Å². The van der Waals surface area contributed by atoms with Gasteiger partial charge < -0.3 is 14.8 Å². The molecule has 1 N–H and O–H groups in total. The van der Waals surface area contributed by atoms with Crippen LogP contribution in [0.5, 0.6) is 11.5 Å². The van der Waals surface area contributed by atoms with Gasteiger partial charge in [0.05, 0.1) is 5.75 Å². The summed E-state index contributed by atoms with van der Waals surface area (Å²) < 4.78 is 12.0. The Bertz CT molecular complexity index is 676. The highest BCUT2D eigenvalue weighted by Crippen LogP contribution is 2.32. The minimum absolute atomic E-state index is 0.0513. The Morgan fingerprint density at radius 1 is 1.09 bits per heavy atom. The molecule has 2 aromatic carbocycles. The monoisotopic (exact) mass is 379 g/mol. The summed E-state index contributed by atoms with van der Waals surface area (Å²) in [6.45, 7) is 1.09. The van der Waals surface area contributed by atoms with Gasteiger partial charge in [-0.2, -0.15) is 0 Å². The van der Waals surface area contributed by atoms with Gasteiger partial charge in [-0.05, 0) is 36.4 Å². The second kappa shape index (κ2) is 7.07. The molecule has 0 radical (unpaired) electrons. The van der Waals surface area contributed by atoms with E-state index in [0.29, 0.717) is 36.2 Å². The van der Waals surface area contributed by atoms with Crippen LogP contribution < -0.4 is 14.8 Å². The van der Waals surface area contributed by atoms with E-state index in [9.17, 15) is 4.79 Å². The van der Waals surface area contributed by atoms with Crippen LogP contribution >= 0.6 is 27.7 Å². The van der Waals surface area contributed by atoms with E-state index >= 15 is 0 Å². The van der Waals surface area contributed by atoms with Gasteiger partial charge in [-0.15, -0.1) is 11.8 Å². The Labute approximate surface area is 141 Å². The van der Waals surface area contributed by atoms with Crippen molar-refractivity contribution in [3.63, 3.8) is 0 Å². The highest BCUT2D eigenvalue weighted by molar-refractivity contribution is 9.10. The van der Waals surface area contributed by atoms with E-state index in [2.05, 4.69) is 21.2 Å². The van der Waals surface area contributed by atoms with Gasteiger partial charge in [0, 0.05) is 21.1 Å². The topological polar surface area (TPSA) is 47.6 Å². The molecule has 1 amide bonds. The minimum atomic E-state index is -0.0513. The number of carbonyl (C=O) groups is 1. The molecular formula is C16H14BrNO3S. The first-order valence-corrected chi connectivity index (χ1v) is 8.56. The number of hydrogen-bond donors (Lipinski definition) is 1. The molecule has 0 spiro atoms. The third-order valence-corrected chi connectivity index (χ3v) is 4.55. The van der Waals surface area contributed by atoms with Crippen LogP contribution in [-0.2, 0) is 4.79 Å². The molecule has 1 heterocycles. The maximum absolute atomic E-state index is 12.0. The minimum Gasteiger partial charge on any atom is -0.486 e. The number of amides is 1. The summed E-state index contributed by atoms with van der Waals surface area (Å²) in [6, 6.07) is 13.3. The SMILES string of the molecule is O=C(CSc1ccc(Br)cc1)Nc1ccc2c(c1)OCCO2. The molecular weight excluding hydrogens is 366 g/mol. The maximum Gasteiger partial charge on any atom is 0.234 e. The lowest BCUT2D eigenvalue weighted by atomic mass is 10.2. The third kappa shape index (κ3) is 3.96. The summed E-state index contributed by atoms with van der Waals surface area (Å²) in [7, 11) is 0. The Kier molecular flexibility index (Phi) is 4.90. The van der Waals surface area contributed by atoms with Crippen LogP contribution in [0.15, 0.2) is 51.8 Å². The molecule has 0 saturated heterocycles. The van der Waals surface area contributed by atoms with Crippen LogP contribution in [0.25, 0.3) is 0 Å². The predicted molar refractivity (Wildman–Crippen MR) is 90.9 cm³/mol. The number of fused-ring (bicyclic) bond motifs is 1. The fourth-order valence-electron chi connectivity index (χ4n) is 2.00. The van der Waals surface area contributed by atoms with E-state index in [1.54, 1.807) is 6.07 Å². The lowest BCUT2D eigenvalue weighted by Gasteiger charge is -2.19. The maximum atomic E-state index is 12.0. The second-order valence-electron chi connectivity index (χ2n) is 4.65. The van der Waals surface area contributed by atoms with Gasteiger partial charge in [-0.3, -0.25) is 4.79 Å². The van der Waals surface area contributed by atoms with Crippen molar-refractivity contribution in [2.45, 2.75) is 4.90 Å². The van der Waals surface area contributed by atoms with E-state index < -0.39 is 0 Å². The molecule has 1 aliphatic heterocycles. The third-order valence-electron chi connectivity index (χ3n) is 3.01. The summed E-state index contributed by atoms with van der Waals surface area (Å²) in [5.41, 5.74) is 0.714. The summed E-state index contributed by atoms with van der Waals surface area (Å²) >= 11 is 4.89. The lowest BCUT2D eigenvalue weighted by Crippen LogP contribution is -2.17. The van der Waals surface area contributed by atoms with Gasteiger partial charge >= 0.3 is 0 Å². The molecule has 0 fully saturated rings. The smallest absolute Gasteiger partial charge is 0.234 e. The van der Waals surface area contributed by atoms with Gasteiger partial charge in [0.25, 0.3) is 0 Å². The molecule has 0 bridgehead atoms. The average molecular weight is 380 g/mol. The van der Waals surface area contributed by atoms with Crippen LogP contribution in [0.3, 0.4) is 0 Å². The number of rotatable bonds is 4. The standard InChI is InChI=1S/C16H14BrNO3S/c17-11-1-4-13(5-2-11)22-10-16(19)18-12-3-6-14-15(9-12)21-8-7-20-14/h1-6,9H,7-8,10H2,(H,18,19). The number of hydrogen-bond acceptors (Lipinski definition) is 4. The quantitative estimate of drug-likeness (QED) is 0.816. The predicted octanol–water partition coefficient (Wildman–Crippen LogP) is 3.95. The Balaban J connectivity index is 1.56. The molecule has 0 atom stereocenters. The summed E-state index contributed by atoms with van der Waals surface area (Å²) in [5, 5.41) is 2.87. The second-order valence-corrected chi connectivity index (χ2v) is 6.61. The molecule has 4 nitrogen and oxygen atoms in total. The molecule has 3 rings (SSSR count). The molecule has 0 unspecified atom stereocenters.